The van der Waals surface area contributed by atoms with Gasteiger partial charge in [0.1, 0.15) is 5.82 Å². The summed E-state index contributed by atoms with van der Waals surface area (Å²) in [5.74, 6) is 0.367. The van der Waals surface area contributed by atoms with Gasteiger partial charge in [-0.1, -0.05) is 48.0 Å². The number of nitrogens with one attached hydrogen (secondary N) is 1. The number of rotatable bonds is 8. The van der Waals surface area contributed by atoms with Crippen LogP contribution in [0.25, 0.3) is 0 Å². The molecule has 3 atom stereocenters. The third-order valence-corrected chi connectivity index (χ3v) is 7.44. The molecule has 0 radical (unpaired) electrons. The van der Waals surface area contributed by atoms with Gasteiger partial charge in [0.05, 0.1) is 22.4 Å². The zero-order valence-corrected chi connectivity index (χ0v) is 20.2. The number of thioether (sulfide) groups is 1. The topological polar surface area (TPSA) is 52.7 Å². The van der Waals surface area contributed by atoms with Gasteiger partial charge in [-0.2, -0.15) is 11.8 Å². The molecule has 0 aliphatic carbocycles. The van der Waals surface area contributed by atoms with E-state index >= 15 is 0 Å². The molecule has 0 bridgehead atoms. The van der Waals surface area contributed by atoms with E-state index < -0.39 is 5.82 Å². The molecule has 2 fully saturated rings. The lowest BCUT2D eigenvalue weighted by molar-refractivity contribution is -0.119. The van der Waals surface area contributed by atoms with Gasteiger partial charge in [0, 0.05) is 32.7 Å². The average molecular weight is 490 g/mol. The first-order chi connectivity index (χ1) is 16.0. The molecule has 5 nitrogen and oxygen atoms in total. The Balaban J connectivity index is 1.33. The molecule has 3 unspecified atom stereocenters. The van der Waals surface area contributed by atoms with Gasteiger partial charge < -0.3 is 15.1 Å². The summed E-state index contributed by atoms with van der Waals surface area (Å²) in [7, 11) is 0. The third-order valence-electron chi connectivity index (χ3n) is 6.57. The number of fused-ring (bicyclic) bond motifs is 1. The molecule has 1 N–H and O–H groups in total. The number of benzene rings is 2. The van der Waals surface area contributed by atoms with E-state index in [-0.39, 0.29) is 28.4 Å². The smallest absolute Gasteiger partial charge is 0.258 e. The van der Waals surface area contributed by atoms with Crippen molar-refractivity contribution in [2.45, 2.75) is 12.5 Å². The lowest BCUT2D eigenvalue weighted by Crippen LogP contribution is -2.36. The quantitative estimate of drug-likeness (QED) is 0.606. The lowest BCUT2D eigenvalue weighted by Gasteiger charge is -2.25. The van der Waals surface area contributed by atoms with Crippen LogP contribution in [0, 0.1) is 17.7 Å². The molecule has 2 aromatic rings. The highest BCUT2D eigenvalue weighted by atomic mass is 35.5. The first kappa shape index (κ1) is 24.0. The van der Waals surface area contributed by atoms with Crippen molar-refractivity contribution >= 4 is 35.2 Å². The van der Waals surface area contributed by atoms with Crippen molar-refractivity contribution in [1.82, 2.24) is 15.1 Å². The minimum Gasteiger partial charge on any atom is -0.349 e. The normalized spacial score (nSPS) is 21.1. The van der Waals surface area contributed by atoms with E-state index in [2.05, 4.69) is 22.3 Å². The number of halogens is 2. The second kappa shape index (κ2) is 10.9. The third kappa shape index (κ3) is 5.70. The maximum absolute atomic E-state index is 14.2. The molecule has 33 heavy (non-hydrogen) atoms. The molecule has 8 heteroatoms. The van der Waals surface area contributed by atoms with Crippen molar-refractivity contribution in [3.63, 3.8) is 0 Å². The van der Waals surface area contributed by atoms with Gasteiger partial charge in [0.2, 0.25) is 5.91 Å². The van der Waals surface area contributed by atoms with Crippen LogP contribution >= 0.6 is 23.4 Å². The minimum absolute atomic E-state index is 0.0208. The van der Waals surface area contributed by atoms with Gasteiger partial charge in [-0.15, -0.1) is 0 Å². The number of nitrogens with zero attached hydrogens (tertiary/aromatic N) is 2. The molecule has 0 aromatic heterocycles. The SMILES string of the molecule is CSCC(=O)NC(CCN1CC2CN(C(=O)c3c(F)cccc3Cl)CC2C1)c1ccccc1. The molecule has 2 amide bonds. The molecule has 2 aliphatic rings. The molecule has 4 rings (SSSR count). The Labute approximate surface area is 203 Å². The Kier molecular flexibility index (Phi) is 7.94. The molecular formula is C25H29ClFN3O2S. The van der Waals surface area contributed by atoms with Crippen molar-refractivity contribution in [3.8, 4) is 0 Å². The second-order valence-corrected chi connectivity index (χ2v) is 10.1. The van der Waals surface area contributed by atoms with Crippen LogP contribution in [0.1, 0.15) is 28.4 Å². The summed E-state index contributed by atoms with van der Waals surface area (Å²) >= 11 is 7.61. The Bertz CT molecular complexity index is 959. The fourth-order valence-electron chi connectivity index (χ4n) is 4.99. The van der Waals surface area contributed by atoms with Gasteiger partial charge in [0.15, 0.2) is 0 Å². The van der Waals surface area contributed by atoms with Crippen LogP contribution in [0.15, 0.2) is 48.5 Å². The van der Waals surface area contributed by atoms with E-state index in [4.69, 9.17) is 11.6 Å². The first-order valence-corrected chi connectivity index (χ1v) is 13.0. The van der Waals surface area contributed by atoms with E-state index in [1.807, 2.05) is 24.5 Å². The Hall–Kier alpha value is -2.09. The summed E-state index contributed by atoms with van der Waals surface area (Å²) in [6.07, 6.45) is 2.76. The monoisotopic (exact) mass is 489 g/mol. The average Bonchev–Trinajstić information content (AvgIpc) is 3.36. The number of likely N-dealkylation sites (tertiary alicyclic amines) is 2. The number of hydrogen-bond acceptors (Lipinski definition) is 4. The lowest BCUT2D eigenvalue weighted by atomic mass is 10.0. The van der Waals surface area contributed by atoms with Gasteiger partial charge in [-0.05, 0) is 42.2 Å². The maximum Gasteiger partial charge on any atom is 0.258 e. The standard InChI is InChI=1S/C25H29ClFN3O2S/c1-33-16-23(31)28-22(17-6-3-2-4-7-17)10-11-29-12-18-14-30(15-19(18)13-29)25(32)24-20(26)8-5-9-21(24)27/h2-9,18-19,22H,10-16H2,1H3,(H,28,31). The van der Waals surface area contributed by atoms with Crippen molar-refractivity contribution in [3.05, 3.63) is 70.5 Å². The summed E-state index contributed by atoms with van der Waals surface area (Å²) in [6.45, 7) is 3.92. The van der Waals surface area contributed by atoms with Crippen molar-refractivity contribution < 1.29 is 14.0 Å². The molecular weight excluding hydrogens is 461 g/mol. The summed E-state index contributed by atoms with van der Waals surface area (Å²) in [4.78, 5) is 29.3. The Morgan fingerprint density at radius 2 is 1.79 bits per heavy atom. The van der Waals surface area contributed by atoms with Crippen LogP contribution in [0.2, 0.25) is 5.02 Å². The molecule has 2 saturated heterocycles. The molecule has 2 heterocycles. The van der Waals surface area contributed by atoms with Gasteiger partial charge in [0.25, 0.3) is 5.91 Å². The van der Waals surface area contributed by atoms with Crippen LogP contribution in [-0.4, -0.2) is 66.3 Å². The van der Waals surface area contributed by atoms with Crippen LogP contribution in [-0.2, 0) is 4.79 Å². The van der Waals surface area contributed by atoms with E-state index in [0.717, 1.165) is 31.6 Å². The van der Waals surface area contributed by atoms with Crippen LogP contribution in [0.3, 0.4) is 0 Å². The molecule has 2 aliphatic heterocycles. The highest BCUT2D eigenvalue weighted by molar-refractivity contribution is 7.99. The predicted molar refractivity (Wildman–Crippen MR) is 131 cm³/mol. The molecule has 0 spiro atoms. The van der Waals surface area contributed by atoms with Crippen LogP contribution in [0.5, 0.6) is 0 Å². The Morgan fingerprint density at radius 1 is 1.09 bits per heavy atom. The summed E-state index contributed by atoms with van der Waals surface area (Å²) < 4.78 is 14.2. The van der Waals surface area contributed by atoms with Crippen molar-refractivity contribution in [2.24, 2.45) is 11.8 Å². The highest BCUT2D eigenvalue weighted by Gasteiger charge is 2.42. The van der Waals surface area contributed by atoms with E-state index in [1.165, 1.54) is 23.9 Å². The maximum atomic E-state index is 14.2. The molecule has 0 saturated carbocycles. The Morgan fingerprint density at radius 3 is 2.42 bits per heavy atom. The minimum atomic E-state index is -0.568. The highest BCUT2D eigenvalue weighted by Crippen LogP contribution is 2.33. The van der Waals surface area contributed by atoms with E-state index in [9.17, 15) is 14.0 Å². The van der Waals surface area contributed by atoms with E-state index in [1.54, 1.807) is 11.0 Å². The van der Waals surface area contributed by atoms with Gasteiger partial charge in [-0.25, -0.2) is 4.39 Å². The number of carbonyl (C=O) groups is 2. The zero-order chi connectivity index (χ0) is 23.4. The molecule has 2 aromatic carbocycles. The number of carbonyl (C=O) groups excluding carboxylic acids is 2. The largest absolute Gasteiger partial charge is 0.349 e. The predicted octanol–water partition coefficient (Wildman–Crippen LogP) is 4.09. The second-order valence-electron chi connectivity index (χ2n) is 8.84. The van der Waals surface area contributed by atoms with Gasteiger partial charge in [-0.3, -0.25) is 9.59 Å². The number of amides is 2. The van der Waals surface area contributed by atoms with Crippen molar-refractivity contribution in [1.29, 1.82) is 0 Å². The summed E-state index contributed by atoms with van der Waals surface area (Å²) in [5, 5.41) is 3.33. The zero-order valence-electron chi connectivity index (χ0n) is 18.7. The fourth-order valence-corrected chi connectivity index (χ4v) is 5.57. The summed E-state index contributed by atoms with van der Waals surface area (Å²) in [6, 6.07) is 14.4. The van der Waals surface area contributed by atoms with Gasteiger partial charge >= 0.3 is 0 Å². The van der Waals surface area contributed by atoms with Crippen LogP contribution in [0.4, 0.5) is 4.39 Å². The number of hydrogen-bond donors (Lipinski definition) is 1. The molecule has 176 valence electrons. The first-order valence-electron chi connectivity index (χ1n) is 11.2. The van der Waals surface area contributed by atoms with Crippen LogP contribution < -0.4 is 5.32 Å². The fraction of sp³-hybridized carbons (Fsp3) is 0.440. The van der Waals surface area contributed by atoms with E-state index in [0.29, 0.717) is 30.7 Å². The summed E-state index contributed by atoms with van der Waals surface area (Å²) in [5.41, 5.74) is 1.09. The van der Waals surface area contributed by atoms with Crippen molar-refractivity contribution in [2.75, 3.05) is 44.7 Å².